The van der Waals surface area contributed by atoms with E-state index in [1.807, 2.05) is 0 Å². The van der Waals surface area contributed by atoms with Crippen molar-refractivity contribution >= 4 is 28.8 Å². The van der Waals surface area contributed by atoms with Gasteiger partial charge in [0.1, 0.15) is 11.2 Å². The Morgan fingerprint density at radius 2 is 2.42 bits per heavy atom. The van der Waals surface area contributed by atoms with E-state index in [2.05, 4.69) is 15.4 Å². The van der Waals surface area contributed by atoms with Crippen molar-refractivity contribution in [3.8, 4) is 0 Å². The zero-order valence-electron chi connectivity index (χ0n) is 9.73. The molecule has 0 atom stereocenters. The Labute approximate surface area is 110 Å². The van der Waals surface area contributed by atoms with Crippen molar-refractivity contribution in [2.24, 2.45) is 7.05 Å². The zero-order chi connectivity index (χ0) is 14.0. The molecule has 0 bridgehead atoms. The lowest BCUT2D eigenvalue weighted by Gasteiger charge is -1.98. The summed E-state index contributed by atoms with van der Waals surface area (Å²) in [5, 5.41) is 28.1. The van der Waals surface area contributed by atoms with Gasteiger partial charge in [0.2, 0.25) is 5.82 Å². The molecule has 2 rings (SSSR count). The average molecular weight is 283 g/mol. The quantitative estimate of drug-likeness (QED) is 0.621. The van der Waals surface area contributed by atoms with Crippen LogP contribution in [0.3, 0.4) is 0 Å². The largest absolute Gasteiger partial charge is 0.476 e. The molecule has 0 aliphatic rings. The zero-order valence-corrected chi connectivity index (χ0v) is 10.5. The molecule has 9 nitrogen and oxygen atoms in total. The third-order valence-electron chi connectivity index (χ3n) is 2.18. The van der Waals surface area contributed by atoms with E-state index >= 15 is 0 Å². The molecule has 0 saturated carbocycles. The number of nitrogens with zero attached hydrogens (tertiary/aromatic N) is 4. The molecule has 0 saturated heterocycles. The first-order valence-corrected chi connectivity index (χ1v) is 5.95. The molecule has 0 aliphatic carbocycles. The highest BCUT2D eigenvalue weighted by Crippen LogP contribution is 2.22. The number of carboxylic acid groups (broad SMARTS) is 1. The Balaban J connectivity index is 2.09. The van der Waals surface area contributed by atoms with Gasteiger partial charge in [-0.3, -0.25) is 14.8 Å². The van der Waals surface area contributed by atoms with Crippen LogP contribution in [0.2, 0.25) is 0 Å². The number of aryl methyl sites for hydroxylation is 1. The van der Waals surface area contributed by atoms with Crippen molar-refractivity contribution in [2.75, 3.05) is 5.32 Å². The van der Waals surface area contributed by atoms with Crippen LogP contribution < -0.4 is 5.32 Å². The molecular formula is C9H9N5O4S. The van der Waals surface area contributed by atoms with Crippen molar-refractivity contribution in [1.29, 1.82) is 0 Å². The fraction of sp³-hybridized carbons (Fsp3) is 0.222. The van der Waals surface area contributed by atoms with Crippen LogP contribution in [0.15, 0.2) is 11.6 Å². The van der Waals surface area contributed by atoms with E-state index in [4.69, 9.17) is 5.11 Å². The Morgan fingerprint density at radius 1 is 1.68 bits per heavy atom. The molecule has 19 heavy (non-hydrogen) atoms. The minimum Gasteiger partial charge on any atom is -0.476 e. The second-order valence-corrected chi connectivity index (χ2v) is 4.52. The molecule has 0 radical (unpaired) electrons. The van der Waals surface area contributed by atoms with E-state index in [1.54, 1.807) is 7.05 Å². The van der Waals surface area contributed by atoms with Gasteiger partial charge in [-0.1, -0.05) is 0 Å². The number of nitro groups is 1. The molecule has 0 spiro atoms. The molecule has 2 aromatic rings. The Morgan fingerprint density at radius 3 is 3.00 bits per heavy atom. The molecule has 10 heteroatoms. The minimum absolute atomic E-state index is 0.0441. The van der Waals surface area contributed by atoms with Crippen molar-refractivity contribution < 1.29 is 14.8 Å². The van der Waals surface area contributed by atoms with Gasteiger partial charge >= 0.3 is 11.7 Å². The van der Waals surface area contributed by atoms with Gasteiger partial charge in [0.25, 0.3) is 0 Å². The summed E-state index contributed by atoms with van der Waals surface area (Å²) in [6.45, 7) is 0.176. The van der Waals surface area contributed by atoms with Crippen LogP contribution in [0.5, 0.6) is 0 Å². The Hall–Kier alpha value is -2.49. The molecule has 0 aromatic carbocycles. The maximum absolute atomic E-state index is 10.8. The molecule has 0 fully saturated rings. The third-order valence-corrected chi connectivity index (χ3v) is 3.03. The fourth-order valence-electron chi connectivity index (χ4n) is 1.39. The predicted molar refractivity (Wildman–Crippen MR) is 66.3 cm³/mol. The first kappa shape index (κ1) is 13.0. The highest BCUT2D eigenvalue weighted by molar-refractivity contribution is 7.09. The monoisotopic (exact) mass is 283 g/mol. The minimum atomic E-state index is -1.11. The lowest BCUT2D eigenvalue weighted by Crippen LogP contribution is -2.03. The molecule has 2 aromatic heterocycles. The second-order valence-electron chi connectivity index (χ2n) is 3.58. The summed E-state index contributed by atoms with van der Waals surface area (Å²) < 4.78 is 1.32. The van der Waals surface area contributed by atoms with Gasteiger partial charge in [-0.15, -0.1) is 16.4 Å². The summed E-state index contributed by atoms with van der Waals surface area (Å²) in [4.78, 5) is 24.7. The molecule has 0 amide bonds. The Kier molecular flexibility index (Phi) is 3.42. The number of carboxylic acids is 1. The van der Waals surface area contributed by atoms with E-state index in [9.17, 15) is 14.9 Å². The summed E-state index contributed by atoms with van der Waals surface area (Å²) >= 11 is 1.16. The summed E-state index contributed by atoms with van der Waals surface area (Å²) in [6, 6.07) is 0. The van der Waals surface area contributed by atoms with Crippen LogP contribution in [-0.4, -0.2) is 30.8 Å². The summed E-state index contributed by atoms with van der Waals surface area (Å²) in [7, 11) is 1.57. The van der Waals surface area contributed by atoms with Gasteiger partial charge in [0.05, 0.1) is 11.5 Å². The van der Waals surface area contributed by atoms with Gasteiger partial charge < -0.3 is 10.4 Å². The van der Waals surface area contributed by atoms with Gasteiger partial charge in [-0.2, -0.15) is 0 Å². The van der Waals surface area contributed by atoms with E-state index in [0.29, 0.717) is 5.01 Å². The summed E-state index contributed by atoms with van der Waals surface area (Å²) in [6.07, 6.45) is 1.28. The lowest BCUT2D eigenvalue weighted by atomic mass is 10.5. The fourth-order valence-corrected chi connectivity index (χ4v) is 2.09. The maximum atomic E-state index is 10.8. The van der Waals surface area contributed by atoms with Crippen molar-refractivity contribution in [3.63, 3.8) is 0 Å². The van der Waals surface area contributed by atoms with Gasteiger partial charge in [-0.25, -0.2) is 9.78 Å². The number of aromatic nitrogens is 3. The van der Waals surface area contributed by atoms with Crippen LogP contribution >= 0.6 is 11.3 Å². The smallest absolute Gasteiger partial charge is 0.355 e. The number of hydrogen-bond acceptors (Lipinski definition) is 7. The van der Waals surface area contributed by atoms with Gasteiger partial charge in [0.15, 0.2) is 5.69 Å². The molecule has 0 unspecified atom stereocenters. The van der Waals surface area contributed by atoms with E-state index in [1.165, 1.54) is 16.3 Å². The highest BCUT2D eigenvalue weighted by atomic mass is 32.1. The normalized spacial score (nSPS) is 10.4. The summed E-state index contributed by atoms with van der Waals surface area (Å²) in [5.41, 5.74) is -0.185. The van der Waals surface area contributed by atoms with Crippen LogP contribution in [0.1, 0.15) is 15.5 Å². The van der Waals surface area contributed by atoms with Crippen LogP contribution in [0.4, 0.5) is 11.5 Å². The van der Waals surface area contributed by atoms with Crippen LogP contribution in [0.25, 0.3) is 0 Å². The van der Waals surface area contributed by atoms with Gasteiger partial charge in [0, 0.05) is 12.4 Å². The van der Waals surface area contributed by atoms with E-state index in [-0.39, 0.29) is 23.7 Å². The first-order chi connectivity index (χ1) is 8.97. The molecule has 100 valence electrons. The number of thiazole rings is 1. The van der Waals surface area contributed by atoms with Crippen LogP contribution in [0, 0.1) is 10.1 Å². The van der Waals surface area contributed by atoms with E-state index in [0.717, 1.165) is 11.3 Å². The van der Waals surface area contributed by atoms with E-state index < -0.39 is 10.9 Å². The average Bonchev–Trinajstić information content (AvgIpc) is 2.92. The Bertz CT molecular complexity index is 634. The second kappa shape index (κ2) is 5.02. The van der Waals surface area contributed by atoms with Crippen LogP contribution in [-0.2, 0) is 13.6 Å². The number of carbonyl (C=O) groups is 1. The van der Waals surface area contributed by atoms with Gasteiger partial charge in [-0.05, 0) is 0 Å². The van der Waals surface area contributed by atoms with Crippen molar-refractivity contribution in [1.82, 2.24) is 14.8 Å². The topological polar surface area (TPSA) is 123 Å². The number of hydrogen-bond donors (Lipinski definition) is 2. The SMILES string of the molecule is Cn1cc([N+](=O)[O-])c(NCc2nc(C(=O)O)cs2)n1. The number of anilines is 1. The predicted octanol–water partition coefficient (Wildman–Crippen LogP) is 1.10. The molecular weight excluding hydrogens is 274 g/mol. The number of rotatable bonds is 5. The standard InChI is InChI=1S/C9H9N5O4S/c1-13-3-6(14(17)18)8(12-13)10-2-7-11-5(4-19-7)9(15)16/h3-4H,2H2,1H3,(H,10,12)(H,15,16). The lowest BCUT2D eigenvalue weighted by molar-refractivity contribution is -0.384. The third kappa shape index (κ3) is 2.85. The molecule has 0 aliphatic heterocycles. The number of aromatic carboxylic acids is 1. The molecule has 2 heterocycles. The van der Waals surface area contributed by atoms with Crippen molar-refractivity contribution in [2.45, 2.75) is 6.54 Å². The highest BCUT2D eigenvalue weighted by Gasteiger charge is 2.18. The molecule has 2 N–H and O–H groups in total. The van der Waals surface area contributed by atoms with Crippen molar-refractivity contribution in [3.05, 3.63) is 32.4 Å². The first-order valence-electron chi connectivity index (χ1n) is 5.07. The maximum Gasteiger partial charge on any atom is 0.355 e. The summed E-state index contributed by atoms with van der Waals surface area (Å²) in [5.74, 6) is -0.981. The number of nitrogens with one attached hydrogen (secondary N) is 1.